The van der Waals surface area contributed by atoms with E-state index in [1.54, 1.807) is 32.2 Å². The topological polar surface area (TPSA) is 115 Å². The molecule has 0 radical (unpaired) electrons. The second-order valence-electron chi connectivity index (χ2n) is 7.75. The molecule has 2 N–H and O–H groups in total. The Morgan fingerprint density at radius 1 is 1.27 bits per heavy atom. The quantitative estimate of drug-likeness (QED) is 0.498. The Kier molecular flexibility index (Phi) is 4.12. The van der Waals surface area contributed by atoms with Gasteiger partial charge in [-0.2, -0.15) is 0 Å². The first kappa shape index (κ1) is 18.4. The van der Waals surface area contributed by atoms with Crippen molar-refractivity contribution in [2.24, 2.45) is 0 Å². The summed E-state index contributed by atoms with van der Waals surface area (Å²) >= 11 is 0. The molecule has 3 aromatic heterocycles. The number of nitrogens with one attached hydrogen (secondary N) is 2. The van der Waals surface area contributed by atoms with Gasteiger partial charge in [0.15, 0.2) is 5.58 Å². The van der Waals surface area contributed by atoms with E-state index in [0.29, 0.717) is 51.0 Å². The Balaban J connectivity index is 1.41. The van der Waals surface area contributed by atoms with E-state index in [2.05, 4.69) is 32.5 Å². The Hall–Kier alpha value is -3.62. The lowest BCUT2D eigenvalue weighted by Crippen LogP contribution is -2.24. The normalized spacial score (nSPS) is 14.8. The van der Waals surface area contributed by atoms with E-state index in [-0.39, 0.29) is 18.0 Å². The van der Waals surface area contributed by atoms with Gasteiger partial charge in [-0.15, -0.1) is 0 Å². The van der Waals surface area contributed by atoms with Crippen LogP contribution in [0.3, 0.4) is 0 Å². The molecule has 9 nitrogen and oxygen atoms in total. The summed E-state index contributed by atoms with van der Waals surface area (Å²) in [5.41, 5.74) is 2.09. The van der Waals surface area contributed by atoms with Crippen molar-refractivity contribution >= 4 is 33.9 Å². The van der Waals surface area contributed by atoms with Crippen LogP contribution in [0.2, 0.25) is 0 Å². The average molecular weight is 407 g/mol. The molecule has 1 amide bonds. The molecular formula is C21H21N5O4. The van der Waals surface area contributed by atoms with Crippen molar-refractivity contribution in [1.29, 1.82) is 0 Å². The van der Waals surface area contributed by atoms with Crippen molar-refractivity contribution in [3.05, 3.63) is 41.7 Å². The third kappa shape index (κ3) is 3.22. The van der Waals surface area contributed by atoms with E-state index >= 15 is 0 Å². The van der Waals surface area contributed by atoms with Crippen LogP contribution in [0.25, 0.3) is 22.2 Å². The molecule has 0 saturated heterocycles. The maximum absolute atomic E-state index is 13.0. The summed E-state index contributed by atoms with van der Waals surface area (Å²) in [4.78, 5) is 26.0. The van der Waals surface area contributed by atoms with Crippen molar-refractivity contribution in [1.82, 2.24) is 20.3 Å². The minimum atomic E-state index is -0.301. The highest BCUT2D eigenvalue weighted by Gasteiger charge is 2.38. The van der Waals surface area contributed by atoms with Crippen LogP contribution in [0.4, 0.5) is 5.82 Å². The van der Waals surface area contributed by atoms with E-state index in [1.807, 2.05) is 0 Å². The molecule has 30 heavy (non-hydrogen) atoms. The molecule has 9 heteroatoms. The van der Waals surface area contributed by atoms with Crippen LogP contribution in [0.15, 0.2) is 33.4 Å². The van der Waals surface area contributed by atoms with Gasteiger partial charge in [-0.1, -0.05) is 0 Å². The summed E-state index contributed by atoms with van der Waals surface area (Å²) < 4.78 is 16.6. The standard InChI is InChI=1S/C21H21N5O4/c1-11-16(17-18(26-21(2)6-7-21)23-10-24-20(17)29-11)19(27)22-9-15-25-13-8-12(28-3)4-5-14(13)30-15/h4-5,8,10H,6-7,9H2,1-3H3,(H,22,27)(H,23,24,26). The highest BCUT2D eigenvalue weighted by atomic mass is 16.5. The van der Waals surface area contributed by atoms with E-state index in [0.717, 1.165) is 12.8 Å². The molecule has 1 aliphatic carbocycles. The fourth-order valence-corrected chi connectivity index (χ4v) is 3.41. The van der Waals surface area contributed by atoms with Crippen LogP contribution >= 0.6 is 0 Å². The zero-order chi connectivity index (χ0) is 20.9. The van der Waals surface area contributed by atoms with E-state index < -0.39 is 0 Å². The van der Waals surface area contributed by atoms with Gasteiger partial charge in [0.05, 0.1) is 24.6 Å². The molecule has 1 aromatic carbocycles. The highest BCUT2D eigenvalue weighted by Crippen LogP contribution is 2.40. The molecule has 3 heterocycles. The van der Waals surface area contributed by atoms with Gasteiger partial charge < -0.3 is 24.2 Å². The number of hydrogen-bond donors (Lipinski definition) is 2. The number of anilines is 1. The first-order chi connectivity index (χ1) is 14.5. The Bertz CT molecular complexity index is 1270. The second-order valence-corrected chi connectivity index (χ2v) is 7.75. The number of furan rings is 1. The molecule has 1 saturated carbocycles. The van der Waals surface area contributed by atoms with Crippen LogP contribution in [0, 0.1) is 6.92 Å². The number of aryl methyl sites for hydroxylation is 1. The molecule has 0 spiro atoms. The lowest BCUT2D eigenvalue weighted by molar-refractivity contribution is 0.0947. The number of benzene rings is 1. The minimum absolute atomic E-state index is 0.000539. The Morgan fingerprint density at radius 3 is 2.87 bits per heavy atom. The monoisotopic (exact) mass is 407 g/mol. The number of ether oxygens (including phenoxy) is 1. The van der Waals surface area contributed by atoms with Crippen molar-refractivity contribution < 1.29 is 18.4 Å². The predicted molar refractivity (Wildman–Crippen MR) is 110 cm³/mol. The lowest BCUT2D eigenvalue weighted by Gasteiger charge is -2.13. The van der Waals surface area contributed by atoms with Gasteiger partial charge in [-0.3, -0.25) is 4.79 Å². The van der Waals surface area contributed by atoms with Gasteiger partial charge >= 0.3 is 0 Å². The van der Waals surface area contributed by atoms with Crippen LogP contribution < -0.4 is 15.4 Å². The first-order valence-corrected chi connectivity index (χ1v) is 9.70. The predicted octanol–water partition coefficient (Wildman–Crippen LogP) is 3.58. The number of amides is 1. The van der Waals surface area contributed by atoms with Gasteiger partial charge in [0, 0.05) is 11.6 Å². The molecule has 1 aliphatic rings. The zero-order valence-electron chi connectivity index (χ0n) is 16.9. The number of nitrogens with zero attached hydrogens (tertiary/aromatic N) is 3. The number of aromatic nitrogens is 3. The largest absolute Gasteiger partial charge is 0.497 e. The third-order valence-corrected chi connectivity index (χ3v) is 5.35. The smallest absolute Gasteiger partial charge is 0.256 e. The fraction of sp³-hybridized carbons (Fsp3) is 0.333. The van der Waals surface area contributed by atoms with Crippen molar-refractivity contribution in [2.75, 3.05) is 12.4 Å². The fourth-order valence-electron chi connectivity index (χ4n) is 3.41. The first-order valence-electron chi connectivity index (χ1n) is 9.70. The van der Waals surface area contributed by atoms with E-state index in [1.165, 1.54) is 6.33 Å². The van der Waals surface area contributed by atoms with Crippen molar-refractivity contribution in [3.8, 4) is 5.75 Å². The maximum atomic E-state index is 13.0. The van der Waals surface area contributed by atoms with Crippen LogP contribution in [-0.2, 0) is 6.54 Å². The number of carbonyl (C=O) groups is 1. The number of carbonyl (C=O) groups excluding carboxylic acids is 1. The number of rotatable bonds is 6. The number of oxazole rings is 1. The van der Waals surface area contributed by atoms with Gasteiger partial charge in [0.1, 0.15) is 29.2 Å². The SMILES string of the molecule is COc1ccc2oc(CNC(=O)c3c(C)oc4ncnc(NC5(C)CC5)c34)nc2c1. The summed E-state index contributed by atoms with van der Waals surface area (Å²) in [5.74, 6) is 1.88. The van der Waals surface area contributed by atoms with E-state index in [9.17, 15) is 4.79 Å². The van der Waals surface area contributed by atoms with Crippen molar-refractivity contribution in [3.63, 3.8) is 0 Å². The average Bonchev–Trinajstić information content (AvgIpc) is 3.16. The van der Waals surface area contributed by atoms with Gasteiger partial charge in [0.2, 0.25) is 11.6 Å². The number of hydrogen-bond acceptors (Lipinski definition) is 8. The molecule has 0 aliphatic heterocycles. The summed E-state index contributed by atoms with van der Waals surface area (Å²) in [6.45, 7) is 4.00. The molecular weight excluding hydrogens is 386 g/mol. The summed E-state index contributed by atoms with van der Waals surface area (Å²) in [6, 6.07) is 5.37. The van der Waals surface area contributed by atoms with Gasteiger partial charge in [-0.25, -0.2) is 15.0 Å². The Morgan fingerprint density at radius 2 is 2.10 bits per heavy atom. The Labute approximate surface area is 171 Å². The van der Waals surface area contributed by atoms with Gasteiger partial charge in [0.25, 0.3) is 5.91 Å². The van der Waals surface area contributed by atoms with Crippen LogP contribution in [0.1, 0.15) is 41.8 Å². The molecule has 0 bridgehead atoms. The summed E-state index contributed by atoms with van der Waals surface area (Å²) in [5, 5.41) is 6.86. The molecule has 0 unspecified atom stereocenters. The third-order valence-electron chi connectivity index (χ3n) is 5.35. The number of fused-ring (bicyclic) bond motifs is 2. The van der Waals surface area contributed by atoms with E-state index in [4.69, 9.17) is 13.6 Å². The molecule has 1 fully saturated rings. The van der Waals surface area contributed by atoms with Crippen LogP contribution in [0.5, 0.6) is 5.75 Å². The lowest BCUT2D eigenvalue weighted by atomic mass is 10.1. The molecule has 4 aromatic rings. The number of methoxy groups -OCH3 is 1. The molecule has 0 atom stereocenters. The summed E-state index contributed by atoms with van der Waals surface area (Å²) in [7, 11) is 1.59. The minimum Gasteiger partial charge on any atom is -0.497 e. The highest BCUT2D eigenvalue weighted by molar-refractivity contribution is 6.10. The maximum Gasteiger partial charge on any atom is 0.256 e. The summed E-state index contributed by atoms with van der Waals surface area (Å²) in [6.07, 6.45) is 3.55. The molecule has 5 rings (SSSR count). The van der Waals surface area contributed by atoms with Crippen LogP contribution in [-0.4, -0.2) is 33.5 Å². The molecule has 154 valence electrons. The van der Waals surface area contributed by atoms with Crippen molar-refractivity contribution in [2.45, 2.75) is 38.8 Å². The van der Waals surface area contributed by atoms with Gasteiger partial charge in [-0.05, 0) is 38.8 Å². The zero-order valence-corrected chi connectivity index (χ0v) is 16.9. The second kappa shape index (κ2) is 6.72.